The number of phenolic OH excluding ortho intramolecular Hbond substituents is 1. The highest BCUT2D eigenvalue weighted by Crippen LogP contribution is 2.26. The highest BCUT2D eigenvalue weighted by atomic mass is 35.5. The number of amides is 1. The molecule has 4 rings (SSSR count). The minimum absolute atomic E-state index is 0. The number of methoxy groups -OCH3 is 3. The molecule has 1 fully saturated rings. The van der Waals surface area contributed by atoms with Crippen LogP contribution >= 0.6 is 12.4 Å². The Morgan fingerprint density at radius 1 is 0.829 bits per heavy atom. The highest BCUT2D eigenvalue weighted by Gasteiger charge is 2.29. The maximum atomic E-state index is 13.1. The molecule has 2 atom stereocenters. The molecule has 3 N–H and O–H groups in total. The maximum Gasteiger partial charge on any atom is 0.338 e. The minimum Gasteiger partial charge on any atom is -0.507 e. The third-order valence-electron chi connectivity index (χ3n) is 6.67. The second-order valence-electron chi connectivity index (χ2n) is 9.26. The Balaban J connectivity index is 0.00000462. The molecular formula is C30H33ClN2O8. The van der Waals surface area contributed by atoms with Gasteiger partial charge in [-0.25, -0.2) is 4.79 Å². The van der Waals surface area contributed by atoms with Crippen molar-refractivity contribution in [3.63, 3.8) is 0 Å². The summed E-state index contributed by atoms with van der Waals surface area (Å²) in [5.74, 6) is -0.107. The van der Waals surface area contributed by atoms with Gasteiger partial charge in [0.05, 0.1) is 38.5 Å². The van der Waals surface area contributed by atoms with Gasteiger partial charge in [-0.05, 0) is 61.9 Å². The molecule has 1 aliphatic rings. The van der Waals surface area contributed by atoms with Gasteiger partial charge in [0.1, 0.15) is 29.1 Å². The first-order valence-corrected chi connectivity index (χ1v) is 12.8. The van der Waals surface area contributed by atoms with E-state index >= 15 is 0 Å². The first kappa shape index (κ1) is 31.3. The maximum absolute atomic E-state index is 13.1. The van der Waals surface area contributed by atoms with Gasteiger partial charge in [-0.3, -0.25) is 9.59 Å². The van der Waals surface area contributed by atoms with E-state index in [0.29, 0.717) is 35.8 Å². The second-order valence-corrected chi connectivity index (χ2v) is 9.26. The van der Waals surface area contributed by atoms with Crippen LogP contribution in [0.4, 0.5) is 0 Å². The molecule has 11 heteroatoms. The summed E-state index contributed by atoms with van der Waals surface area (Å²) >= 11 is 0. The standard InChI is InChI=1S/C30H32N2O8.ClH/c1-37-21-10-11-26(33)24(16-21)28(34)18-6-8-19(9-7-18)30(36)40-27-5-4-12-31-17-25(27)32-29(35)20-13-22(38-2)15-23(14-20)39-3;/h6-11,13-16,25,27,31,33H,4-5,12,17H2,1-3H3,(H,32,35);1H/t25-,27-;/m1./s1. The summed E-state index contributed by atoms with van der Waals surface area (Å²) in [6, 6.07) is 14.8. The van der Waals surface area contributed by atoms with Crippen LogP contribution in [0.15, 0.2) is 60.7 Å². The molecule has 0 unspecified atom stereocenters. The Hall–Kier alpha value is -4.28. The number of hydrogen-bond acceptors (Lipinski definition) is 9. The average molecular weight is 585 g/mol. The van der Waals surface area contributed by atoms with Crippen molar-refractivity contribution in [2.24, 2.45) is 0 Å². The second kappa shape index (κ2) is 14.4. The number of carbonyl (C=O) groups excluding carboxylic acids is 3. The van der Waals surface area contributed by atoms with E-state index < -0.39 is 23.9 Å². The smallest absolute Gasteiger partial charge is 0.338 e. The topological polar surface area (TPSA) is 132 Å². The van der Waals surface area contributed by atoms with Crippen molar-refractivity contribution in [1.29, 1.82) is 0 Å². The summed E-state index contributed by atoms with van der Waals surface area (Å²) in [4.78, 5) is 39.1. The lowest BCUT2D eigenvalue weighted by molar-refractivity contribution is 0.0192. The summed E-state index contributed by atoms with van der Waals surface area (Å²) in [5, 5.41) is 16.4. The number of benzene rings is 3. The molecule has 1 heterocycles. The molecule has 1 saturated heterocycles. The summed E-state index contributed by atoms with van der Waals surface area (Å²) in [6.45, 7) is 1.14. The van der Waals surface area contributed by atoms with Crippen molar-refractivity contribution in [3.05, 3.63) is 82.9 Å². The number of halogens is 1. The molecule has 3 aromatic rings. The number of esters is 1. The predicted octanol–water partition coefficient (Wildman–Crippen LogP) is 3.78. The normalized spacial score (nSPS) is 16.4. The van der Waals surface area contributed by atoms with E-state index in [1.54, 1.807) is 24.3 Å². The molecule has 3 aromatic carbocycles. The molecule has 0 aromatic heterocycles. The number of hydrogen-bond donors (Lipinski definition) is 3. The summed E-state index contributed by atoms with van der Waals surface area (Å²) in [5.41, 5.74) is 0.990. The lowest BCUT2D eigenvalue weighted by atomic mass is 10.0. The third-order valence-corrected chi connectivity index (χ3v) is 6.67. The van der Waals surface area contributed by atoms with Gasteiger partial charge in [0, 0.05) is 23.7 Å². The first-order valence-electron chi connectivity index (χ1n) is 12.8. The molecule has 1 amide bonds. The average Bonchev–Trinajstić information content (AvgIpc) is 3.21. The van der Waals surface area contributed by atoms with Crippen LogP contribution < -0.4 is 24.8 Å². The van der Waals surface area contributed by atoms with Gasteiger partial charge < -0.3 is 34.7 Å². The van der Waals surface area contributed by atoms with E-state index in [4.69, 9.17) is 18.9 Å². The minimum atomic E-state index is -0.575. The van der Waals surface area contributed by atoms with E-state index in [-0.39, 0.29) is 40.8 Å². The number of rotatable bonds is 9. The van der Waals surface area contributed by atoms with Gasteiger partial charge in [-0.2, -0.15) is 0 Å². The van der Waals surface area contributed by atoms with Crippen LogP contribution in [0.25, 0.3) is 0 Å². The molecule has 0 aliphatic carbocycles. The van der Waals surface area contributed by atoms with Crippen LogP contribution in [0.1, 0.15) is 49.5 Å². The van der Waals surface area contributed by atoms with Crippen LogP contribution in [0, 0.1) is 0 Å². The number of ether oxygens (including phenoxy) is 4. The Labute approximate surface area is 244 Å². The molecule has 218 valence electrons. The molecule has 0 radical (unpaired) electrons. The quantitative estimate of drug-likeness (QED) is 0.254. The van der Waals surface area contributed by atoms with Crippen molar-refractivity contribution in [1.82, 2.24) is 10.6 Å². The van der Waals surface area contributed by atoms with Crippen molar-refractivity contribution in [2.75, 3.05) is 34.4 Å². The number of carbonyl (C=O) groups is 3. The summed E-state index contributed by atoms with van der Waals surface area (Å²) < 4.78 is 21.5. The lowest BCUT2D eigenvalue weighted by Crippen LogP contribution is -2.49. The van der Waals surface area contributed by atoms with Gasteiger partial charge in [0.2, 0.25) is 0 Å². The van der Waals surface area contributed by atoms with Crippen molar-refractivity contribution < 1.29 is 38.4 Å². The molecule has 10 nitrogen and oxygen atoms in total. The SMILES string of the molecule is COc1cc(OC)cc(C(=O)N[C@@H]2CNCCC[C@H]2OC(=O)c2ccc(C(=O)c3cc(OC)ccc3O)cc2)c1.Cl. The van der Waals surface area contributed by atoms with E-state index in [2.05, 4.69) is 10.6 Å². The fourth-order valence-electron chi connectivity index (χ4n) is 4.44. The number of phenols is 1. The van der Waals surface area contributed by atoms with Crippen LogP contribution in [-0.4, -0.2) is 69.3 Å². The van der Waals surface area contributed by atoms with Crippen molar-refractivity contribution in [3.8, 4) is 23.0 Å². The van der Waals surface area contributed by atoms with Gasteiger partial charge >= 0.3 is 5.97 Å². The Morgan fingerprint density at radius 2 is 1.46 bits per heavy atom. The van der Waals surface area contributed by atoms with Crippen molar-refractivity contribution >= 4 is 30.1 Å². The van der Waals surface area contributed by atoms with Gasteiger partial charge in [0.25, 0.3) is 5.91 Å². The number of aromatic hydroxyl groups is 1. The van der Waals surface area contributed by atoms with Crippen LogP contribution in [-0.2, 0) is 4.74 Å². The monoisotopic (exact) mass is 584 g/mol. The van der Waals surface area contributed by atoms with E-state index in [1.807, 2.05) is 0 Å². The Morgan fingerprint density at radius 3 is 2.10 bits per heavy atom. The van der Waals surface area contributed by atoms with E-state index in [0.717, 1.165) is 13.0 Å². The van der Waals surface area contributed by atoms with Gasteiger partial charge in [-0.15, -0.1) is 12.4 Å². The molecule has 1 aliphatic heterocycles. The van der Waals surface area contributed by atoms with Gasteiger partial charge in [-0.1, -0.05) is 12.1 Å². The third kappa shape index (κ3) is 7.68. The largest absolute Gasteiger partial charge is 0.507 e. The van der Waals surface area contributed by atoms with Crippen LogP contribution in [0.2, 0.25) is 0 Å². The zero-order valence-electron chi connectivity index (χ0n) is 23.0. The van der Waals surface area contributed by atoms with Gasteiger partial charge in [0.15, 0.2) is 5.78 Å². The number of ketones is 1. The van der Waals surface area contributed by atoms with E-state index in [9.17, 15) is 19.5 Å². The van der Waals surface area contributed by atoms with E-state index in [1.165, 1.54) is 57.7 Å². The predicted molar refractivity (Wildman–Crippen MR) is 154 cm³/mol. The van der Waals surface area contributed by atoms with Crippen molar-refractivity contribution in [2.45, 2.75) is 25.0 Å². The lowest BCUT2D eigenvalue weighted by Gasteiger charge is -2.26. The molecule has 0 bridgehead atoms. The Kier molecular flexibility index (Phi) is 11.0. The molecule has 0 spiro atoms. The fourth-order valence-corrected chi connectivity index (χ4v) is 4.44. The zero-order valence-corrected chi connectivity index (χ0v) is 23.8. The fraction of sp³-hybridized carbons (Fsp3) is 0.300. The summed E-state index contributed by atoms with van der Waals surface area (Å²) in [6.07, 6.45) is 0.736. The Bertz CT molecular complexity index is 1360. The highest BCUT2D eigenvalue weighted by molar-refractivity contribution is 6.11. The molecule has 0 saturated carbocycles. The first-order chi connectivity index (χ1) is 19.3. The zero-order chi connectivity index (χ0) is 28.6. The molecule has 41 heavy (non-hydrogen) atoms. The molecular weight excluding hydrogens is 552 g/mol. The number of nitrogens with one attached hydrogen (secondary N) is 2. The summed E-state index contributed by atoms with van der Waals surface area (Å²) in [7, 11) is 4.48. The van der Waals surface area contributed by atoms with Crippen LogP contribution in [0.5, 0.6) is 23.0 Å². The van der Waals surface area contributed by atoms with Crippen LogP contribution in [0.3, 0.4) is 0 Å².